The van der Waals surface area contributed by atoms with Gasteiger partial charge in [0.15, 0.2) is 0 Å². The normalized spacial score (nSPS) is 10.4. The molecule has 0 radical (unpaired) electrons. The fourth-order valence-corrected chi connectivity index (χ4v) is 2.14. The van der Waals surface area contributed by atoms with Gasteiger partial charge in [0.1, 0.15) is 6.54 Å². The summed E-state index contributed by atoms with van der Waals surface area (Å²) < 4.78 is 3.82. The number of benzene rings is 1. The number of hydrogen-bond donors (Lipinski definition) is 1. The molecule has 0 spiro atoms. The molecule has 0 saturated heterocycles. The summed E-state index contributed by atoms with van der Waals surface area (Å²) in [6, 6.07) is 7.31. The number of halogens is 1. The highest BCUT2D eigenvalue weighted by Crippen LogP contribution is 2.15. The molecule has 100 valence electrons. The molecule has 1 amide bonds. The first-order valence-electron chi connectivity index (χ1n) is 5.91. The fraction of sp³-hybridized carbons (Fsp3) is 0.231. The van der Waals surface area contributed by atoms with Gasteiger partial charge in [0.25, 0.3) is 0 Å². The Morgan fingerprint density at radius 1 is 1.32 bits per heavy atom. The molecular weight excluding hydrogens is 310 g/mol. The molecule has 0 aliphatic rings. The minimum Gasteiger partial charge on any atom is -0.324 e. The maximum Gasteiger partial charge on any atom is 0.328 e. The summed E-state index contributed by atoms with van der Waals surface area (Å²) in [6.45, 7) is 2.49. The largest absolute Gasteiger partial charge is 0.328 e. The Hall–Kier alpha value is -1.82. The first kappa shape index (κ1) is 13.6. The van der Waals surface area contributed by atoms with E-state index in [2.05, 4.69) is 21.2 Å². The Bertz CT molecular complexity index is 645. The lowest BCUT2D eigenvalue weighted by Crippen LogP contribution is -2.28. The van der Waals surface area contributed by atoms with Crippen molar-refractivity contribution in [2.24, 2.45) is 0 Å². The van der Waals surface area contributed by atoms with E-state index in [9.17, 15) is 9.59 Å². The molecular formula is C13H14BrN3O2. The number of carbonyl (C=O) groups excluding carboxylic acids is 1. The third-order valence-corrected chi connectivity index (χ3v) is 3.17. The predicted molar refractivity (Wildman–Crippen MR) is 77.1 cm³/mol. The van der Waals surface area contributed by atoms with Crippen LogP contribution in [0.15, 0.2) is 45.9 Å². The maximum atomic E-state index is 11.8. The molecule has 5 nitrogen and oxygen atoms in total. The van der Waals surface area contributed by atoms with Crippen LogP contribution < -0.4 is 11.0 Å². The summed E-state index contributed by atoms with van der Waals surface area (Å²) in [4.78, 5) is 23.6. The van der Waals surface area contributed by atoms with E-state index in [0.29, 0.717) is 12.2 Å². The second kappa shape index (κ2) is 5.88. The summed E-state index contributed by atoms with van der Waals surface area (Å²) in [5.41, 5.74) is 0.522. The van der Waals surface area contributed by atoms with Crippen molar-refractivity contribution >= 4 is 27.5 Å². The zero-order valence-electron chi connectivity index (χ0n) is 10.5. The molecule has 0 aliphatic heterocycles. The van der Waals surface area contributed by atoms with E-state index in [4.69, 9.17) is 0 Å². The van der Waals surface area contributed by atoms with Gasteiger partial charge in [0.05, 0.1) is 0 Å². The summed E-state index contributed by atoms with van der Waals surface area (Å²) >= 11 is 3.33. The van der Waals surface area contributed by atoms with Crippen molar-refractivity contribution in [3.63, 3.8) is 0 Å². The minimum absolute atomic E-state index is 0.0122. The van der Waals surface area contributed by atoms with Crippen LogP contribution in [0.3, 0.4) is 0 Å². The number of aromatic nitrogens is 2. The average molecular weight is 324 g/mol. The predicted octanol–water partition coefficient (Wildman–Crippen LogP) is 2.07. The topological polar surface area (TPSA) is 56.0 Å². The number of nitrogens with zero attached hydrogens (tertiary/aromatic N) is 2. The van der Waals surface area contributed by atoms with Crippen molar-refractivity contribution in [2.45, 2.75) is 20.0 Å². The molecule has 2 aromatic rings. The van der Waals surface area contributed by atoms with Crippen LogP contribution >= 0.6 is 15.9 Å². The van der Waals surface area contributed by atoms with Crippen LogP contribution in [0, 0.1) is 0 Å². The second-order valence-corrected chi connectivity index (χ2v) is 4.97. The number of aryl methyl sites for hydroxylation is 1. The Morgan fingerprint density at radius 2 is 2.05 bits per heavy atom. The van der Waals surface area contributed by atoms with Gasteiger partial charge in [-0.2, -0.15) is 0 Å². The zero-order valence-corrected chi connectivity index (χ0v) is 12.1. The van der Waals surface area contributed by atoms with Crippen molar-refractivity contribution in [3.8, 4) is 0 Å². The number of imidazole rings is 1. The number of rotatable bonds is 4. The third-order valence-electron chi connectivity index (χ3n) is 2.68. The van der Waals surface area contributed by atoms with Crippen molar-refractivity contribution in [3.05, 3.63) is 51.6 Å². The van der Waals surface area contributed by atoms with Gasteiger partial charge in [-0.05, 0) is 25.1 Å². The van der Waals surface area contributed by atoms with Crippen LogP contribution in [-0.4, -0.2) is 15.0 Å². The van der Waals surface area contributed by atoms with Crippen LogP contribution in [0.1, 0.15) is 6.92 Å². The summed E-state index contributed by atoms with van der Waals surface area (Å²) in [7, 11) is 0. The van der Waals surface area contributed by atoms with Crippen LogP contribution in [0.25, 0.3) is 0 Å². The Kier molecular flexibility index (Phi) is 4.21. The fourth-order valence-electron chi connectivity index (χ4n) is 1.74. The SMILES string of the molecule is CCn1ccn(CC(=O)Nc2cccc(Br)c2)c1=O. The summed E-state index contributed by atoms with van der Waals surface area (Å²) in [5.74, 6) is -0.228. The van der Waals surface area contributed by atoms with Crippen molar-refractivity contribution in [1.29, 1.82) is 0 Å². The first-order valence-corrected chi connectivity index (χ1v) is 6.70. The molecule has 1 aromatic carbocycles. The maximum absolute atomic E-state index is 11.8. The van der Waals surface area contributed by atoms with Gasteiger partial charge >= 0.3 is 5.69 Å². The van der Waals surface area contributed by atoms with Gasteiger partial charge < -0.3 is 5.32 Å². The van der Waals surface area contributed by atoms with E-state index >= 15 is 0 Å². The molecule has 0 unspecified atom stereocenters. The minimum atomic E-state index is -0.228. The molecule has 0 aliphatic carbocycles. The van der Waals surface area contributed by atoms with Gasteiger partial charge in [-0.25, -0.2) is 4.79 Å². The van der Waals surface area contributed by atoms with Crippen molar-refractivity contribution in [2.75, 3.05) is 5.32 Å². The lowest BCUT2D eigenvalue weighted by molar-refractivity contribution is -0.116. The summed E-state index contributed by atoms with van der Waals surface area (Å²) in [6.07, 6.45) is 3.29. The van der Waals surface area contributed by atoms with Crippen molar-refractivity contribution < 1.29 is 4.79 Å². The van der Waals surface area contributed by atoms with Gasteiger partial charge in [-0.1, -0.05) is 22.0 Å². The molecule has 0 fully saturated rings. The van der Waals surface area contributed by atoms with Crippen LogP contribution in [0.2, 0.25) is 0 Å². The van der Waals surface area contributed by atoms with E-state index in [1.165, 1.54) is 4.57 Å². The van der Waals surface area contributed by atoms with Crippen molar-refractivity contribution in [1.82, 2.24) is 9.13 Å². The monoisotopic (exact) mass is 323 g/mol. The molecule has 1 heterocycles. The van der Waals surface area contributed by atoms with E-state index in [-0.39, 0.29) is 18.1 Å². The number of amides is 1. The Labute approximate surface area is 119 Å². The highest BCUT2D eigenvalue weighted by Gasteiger charge is 2.07. The van der Waals surface area contributed by atoms with Crippen LogP contribution in [0.5, 0.6) is 0 Å². The Balaban J connectivity index is 2.05. The lowest BCUT2D eigenvalue weighted by Gasteiger charge is -2.05. The van der Waals surface area contributed by atoms with Gasteiger partial charge in [0.2, 0.25) is 5.91 Å². The molecule has 19 heavy (non-hydrogen) atoms. The quantitative estimate of drug-likeness (QED) is 0.936. The number of hydrogen-bond acceptors (Lipinski definition) is 2. The summed E-state index contributed by atoms with van der Waals surface area (Å²) in [5, 5.41) is 2.75. The highest BCUT2D eigenvalue weighted by molar-refractivity contribution is 9.10. The van der Waals surface area contributed by atoms with Crippen LogP contribution in [-0.2, 0) is 17.9 Å². The Morgan fingerprint density at radius 3 is 2.68 bits per heavy atom. The third kappa shape index (κ3) is 3.35. The molecule has 2 rings (SSSR count). The zero-order chi connectivity index (χ0) is 13.8. The molecule has 6 heteroatoms. The van der Waals surface area contributed by atoms with Gasteiger partial charge in [-0.15, -0.1) is 0 Å². The molecule has 0 saturated carbocycles. The standard InChI is InChI=1S/C13H14BrN3O2/c1-2-16-6-7-17(13(16)19)9-12(18)15-11-5-3-4-10(14)8-11/h3-8H,2,9H2,1H3,(H,15,18). The molecule has 1 aromatic heterocycles. The van der Waals surface area contributed by atoms with E-state index in [1.54, 1.807) is 29.1 Å². The second-order valence-electron chi connectivity index (χ2n) is 4.05. The van der Waals surface area contributed by atoms with E-state index < -0.39 is 0 Å². The highest BCUT2D eigenvalue weighted by atomic mass is 79.9. The number of nitrogens with one attached hydrogen (secondary N) is 1. The smallest absolute Gasteiger partial charge is 0.324 e. The number of carbonyl (C=O) groups is 1. The molecule has 0 atom stereocenters. The van der Waals surface area contributed by atoms with Gasteiger partial charge in [-0.3, -0.25) is 13.9 Å². The lowest BCUT2D eigenvalue weighted by atomic mass is 10.3. The van der Waals surface area contributed by atoms with E-state index in [1.807, 2.05) is 19.1 Å². The molecule has 1 N–H and O–H groups in total. The molecule has 0 bridgehead atoms. The number of anilines is 1. The van der Waals surface area contributed by atoms with E-state index in [0.717, 1.165) is 4.47 Å². The van der Waals surface area contributed by atoms with Gasteiger partial charge in [0, 0.05) is 29.1 Å². The van der Waals surface area contributed by atoms with Crippen LogP contribution in [0.4, 0.5) is 5.69 Å². The first-order chi connectivity index (χ1) is 9.10. The average Bonchev–Trinajstić information content (AvgIpc) is 2.70.